The van der Waals surface area contributed by atoms with Gasteiger partial charge in [-0.15, -0.1) is 11.3 Å². The van der Waals surface area contributed by atoms with E-state index >= 15 is 0 Å². The van der Waals surface area contributed by atoms with E-state index in [0.717, 1.165) is 22.5 Å². The molecule has 0 atom stereocenters. The highest BCUT2D eigenvalue weighted by Gasteiger charge is 2.44. The first kappa shape index (κ1) is 21.7. The lowest BCUT2D eigenvalue weighted by molar-refractivity contribution is -0.130. The zero-order valence-electron chi connectivity index (χ0n) is 17.8. The van der Waals surface area contributed by atoms with Gasteiger partial charge in [-0.1, -0.05) is 19.9 Å². The van der Waals surface area contributed by atoms with Crippen LogP contribution >= 0.6 is 11.3 Å². The van der Waals surface area contributed by atoms with Crippen molar-refractivity contribution < 1.29 is 19.4 Å². The maximum Gasteiger partial charge on any atom is 0.321 e. The number of amides is 3. The second-order valence-corrected chi connectivity index (χ2v) is 9.65. The van der Waals surface area contributed by atoms with Gasteiger partial charge in [0.2, 0.25) is 5.91 Å². The van der Waals surface area contributed by atoms with Gasteiger partial charge in [0, 0.05) is 61.1 Å². The smallest absolute Gasteiger partial charge is 0.321 e. The second-order valence-electron chi connectivity index (χ2n) is 8.79. The number of rotatable bonds is 5. The van der Waals surface area contributed by atoms with Gasteiger partial charge in [-0.2, -0.15) is 0 Å². The molecule has 0 radical (unpaired) electrons. The summed E-state index contributed by atoms with van der Waals surface area (Å²) in [6.07, 6.45) is 2.31. The van der Waals surface area contributed by atoms with Crippen LogP contribution in [0.4, 0.5) is 15.6 Å². The molecule has 1 aromatic carbocycles. The molecule has 0 spiro atoms. The number of carbonyl (C=O) groups is 2. The highest BCUT2D eigenvalue weighted by Crippen LogP contribution is 2.38. The Morgan fingerprint density at radius 3 is 2.87 bits per heavy atom. The average molecular weight is 445 g/mol. The number of nitrogens with zero attached hydrogens (tertiary/aromatic N) is 1. The van der Waals surface area contributed by atoms with Gasteiger partial charge in [0.15, 0.2) is 5.13 Å². The predicted octanol–water partition coefficient (Wildman–Crippen LogP) is 3.38. The van der Waals surface area contributed by atoms with Crippen LogP contribution in [0, 0.1) is 5.41 Å². The summed E-state index contributed by atoms with van der Waals surface area (Å²) in [4.78, 5) is 28.5. The van der Waals surface area contributed by atoms with E-state index in [0.29, 0.717) is 50.6 Å². The molecule has 2 aliphatic heterocycles. The number of fused-ring (bicyclic) bond motifs is 1. The van der Waals surface area contributed by atoms with E-state index < -0.39 is 11.0 Å². The number of carbonyl (C=O) groups excluding carboxylic acids is 2. The van der Waals surface area contributed by atoms with Crippen molar-refractivity contribution in [2.75, 3.05) is 30.4 Å². The molecule has 1 saturated heterocycles. The minimum Gasteiger partial charge on any atom is -0.389 e. The van der Waals surface area contributed by atoms with Gasteiger partial charge in [0.05, 0.1) is 11.3 Å². The van der Waals surface area contributed by atoms with Crippen molar-refractivity contribution in [3.05, 3.63) is 29.1 Å². The number of hydrogen-bond acceptors (Lipinski definition) is 6. The van der Waals surface area contributed by atoms with E-state index in [2.05, 4.69) is 20.9 Å². The van der Waals surface area contributed by atoms with Crippen LogP contribution in [0.25, 0.3) is 11.3 Å². The Balaban J connectivity index is 1.36. The number of anilines is 2. The number of nitrogens with one attached hydrogen (secondary N) is 3. The topological polar surface area (TPSA) is 113 Å². The molecule has 2 aromatic rings. The van der Waals surface area contributed by atoms with Gasteiger partial charge < -0.3 is 20.5 Å². The highest BCUT2D eigenvalue weighted by molar-refractivity contribution is 7.14. The standard InChI is InChI=1S/C22H28N4O4S/c1-21(2,22(29)7-9-30-10-8-22)13-23-19(28)26-20-25-17(12-31-20)15-3-5-16-14(11-15)4-6-18(27)24-16/h3,5,11-12,29H,4,6-10,13H2,1-2H3,(H,24,27)(H2,23,25,26,28). The van der Waals surface area contributed by atoms with E-state index in [4.69, 9.17) is 4.74 Å². The molecule has 0 bridgehead atoms. The van der Waals surface area contributed by atoms with Crippen LogP contribution in [0.3, 0.4) is 0 Å². The second kappa shape index (κ2) is 8.57. The number of benzene rings is 1. The van der Waals surface area contributed by atoms with E-state index in [1.807, 2.05) is 37.4 Å². The van der Waals surface area contributed by atoms with Gasteiger partial charge in [-0.3, -0.25) is 10.1 Å². The average Bonchev–Trinajstić information content (AvgIpc) is 3.21. The number of aliphatic hydroxyl groups is 1. The third-order valence-electron chi connectivity index (χ3n) is 6.29. The number of aromatic nitrogens is 1. The van der Waals surface area contributed by atoms with E-state index in [9.17, 15) is 14.7 Å². The van der Waals surface area contributed by atoms with Crippen molar-refractivity contribution in [1.29, 1.82) is 0 Å². The summed E-state index contributed by atoms with van der Waals surface area (Å²) in [6.45, 7) is 5.31. The molecule has 4 N–H and O–H groups in total. The molecule has 1 aromatic heterocycles. The van der Waals surface area contributed by atoms with Crippen LogP contribution in [0.5, 0.6) is 0 Å². The molecule has 9 heteroatoms. The molecular weight excluding hydrogens is 416 g/mol. The summed E-state index contributed by atoms with van der Waals surface area (Å²) in [5.41, 5.74) is 2.31. The lowest BCUT2D eigenvalue weighted by Gasteiger charge is -2.45. The normalized spacial score (nSPS) is 18.1. The van der Waals surface area contributed by atoms with Gasteiger partial charge in [0.25, 0.3) is 0 Å². The first-order valence-corrected chi connectivity index (χ1v) is 11.4. The fourth-order valence-corrected chi connectivity index (χ4v) is 4.71. The molecule has 2 aliphatic rings. The summed E-state index contributed by atoms with van der Waals surface area (Å²) in [7, 11) is 0. The van der Waals surface area contributed by atoms with Gasteiger partial charge in [-0.25, -0.2) is 9.78 Å². The molecule has 8 nitrogen and oxygen atoms in total. The molecule has 31 heavy (non-hydrogen) atoms. The van der Waals surface area contributed by atoms with E-state index in [-0.39, 0.29) is 11.9 Å². The first-order valence-electron chi connectivity index (χ1n) is 10.5. The summed E-state index contributed by atoms with van der Waals surface area (Å²) in [5.74, 6) is 0.0403. The Kier molecular flexibility index (Phi) is 6.00. The van der Waals surface area contributed by atoms with E-state index in [1.165, 1.54) is 11.3 Å². The summed E-state index contributed by atoms with van der Waals surface area (Å²) >= 11 is 1.35. The van der Waals surface area contributed by atoms with Crippen molar-refractivity contribution in [2.45, 2.75) is 45.1 Å². The Morgan fingerprint density at radius 1 is 1.32 bits per heavy atom. The van der Waals surface area contributed by atoms with Crippen LogP contribution in [0.15, 0.2) is 23.6 Å². The largest absolute Gasteiger partial charge is 0.389 e. The highest BCUT2D eigenvalue weighted by atomic mass is 32.1. The number of thiazole rings is 1. The molecule has 4 rings (SSSR count). The molecular formula is C22H28N4O4S. The van der Waals surface area contributed by atoms with Crippen molar-refractivity contribution in [1.82, 2.24) is 10.3 Å². The summed E-state index contributed by atoms with van der Waals surface area (Å²) in [5, 5.41) is 21.9. The van der Waals surface area contributed by atoms with Crippen LogP contribution in [0.2, 0.25) is 0 Å². The molecule has 0 saturated carbocycles. The van der Waals surface area contributed by atoms with Crippen molar-refractivity contribution >= 4 is 34.1 Å². The van der Waals surface area contributed by atoms with Gasteiger partial charge >= 0.3 is 6.03 Å². The van der Waals surface area contributed by atoms with Crippen molar-refractivity contribution in [3.63, 3.8) is 0 Å². The van der Waals surface area contributed by atoms with Crippen LogP contribution < -0.4 is 16.0 Å². The Bertz CT molecular complexity index is 982. The van der Waals surface area contributed by atoms with Crippen molar-refractivity contribution in [2.24, 2.45) is 5.41 Å². The number of hydrogen-bond donors (Lipinski definition) is 4. The van der Waals surface area contributed by atoms with Crippen LogP contribution in [-0.2, 0) is 16.0 Å². The lowest BCUT2D eigenvalue weighted by atomic mass is 9.70. The van der Waals surface area contributed by atoms with Crippen molar-refractivity contribution in [3.8, 4) is 11.3 Å². The maximum atomic E-state index is 12.4. The fourth-order valence-electron chi connectivity index (χ4n) is 4.00. The van der Waals surface area contributed by atoms with Crippen LogP contribution in [-0.4, -0.2) is 47.4 Å². The monoisotopic (exact) mass is 444 g/mol. The summed E-state index contributed by atoms with van der Waals surface area (Å²) in [6, 6.07) is 5.49. The zero-order valence-corrected chi connectivity index (χ0v) is 18.6. The predicted molar refractivity (Wildman–Crippen MR) is 120 cm³/mol. The van der Waals surface area contributed by atoms with Gasteiger partial charge in [-0.05, 0) is 24.1 Å². The third kappa shape index (κ3) is 4.73. The maximum absolute atomic E-state index is 12.4. The molecule has 166 valence electrons. The van der Waals surface area contributed by atoms with Crippen LogP contribution in [0.1, 0.15) is 38.7 Å². The number of urea groups is 1. The first-order chi connectivity index (χ1) is 14.8. The van der Waals surface area contributed by atoms with E-state index in [1.54, 1.807) is 0 Å². The molecule has 0 unspecified atom stereocenters. The Hall–Kier alpha value is -2.49. The van der Waals surface area contributed by atoms with Gasteiger partial charge in [0.1, 0.15) is 0 Å². The molecule has 0 aliphatic carbocycles. The number of ether oxygens (including phenoxy) is 1. The fraction of sp³-hybridized carbons (Fsp3) is 0.500. The minimum atomic E-state index is -0.862. The quantitative estimate of drug-likeness (QED) is 0.565. The Labute approximate surface area is 185 Å². The SMILES string of the molecule is CC(C)(CNC(=O)Nc1nc(-c2ccc3c(c2)CCC(=O)N3)cs1)C1(O)CCOCC1. The third-order valence-corrected chi connectivity index (χ3v) is 7.05. The molecule has 1 fully saturated rings. The number of aryl methyl sites for hydroxylation is 1. The summed E-state index contributed by atoms with van der Waals surface area (Å²) < 4.78 is 5.35. The Morgan fingerprint density at radius 2 is 2.10 bits per heavy atom. The lowest BCUT2D eigenvalue weighted by Crippen LogP contribution is -2.54. The molecule has 3 heterocycles. The zero-order chi connectivity index (χ0) is 22.1. The molecule has 3 amide bonds. The minimum absolute atomic E-state index is 0.0403.